The highest BCUT2D eigenvalue weighted by molar-refractivity contribution is 7.92. The van der Waals surface area contributed by atoms with Crippen LogP contribution in [0.25, 0.3) is 0 Å². The van der Waals surface area contributed by atoms with Gasteiger partial charge in [0.15, 0.2) is 15.6 Å². The summed E-state index contributed by atoms with van der Waals surface area (Å²) in [5.41, 5.74) is 0.372. The number of hydrogen-bond donors (Lipinski definition) is 4. The molecular formula is C19H22Cl2FN3O4S. The lowest BCUT2D eigenvalue weighted by atomic mass is 10.2. The zero-order valence-electron chi connectivity index (χ0n) is 16.0. The summed E-state index contributed by atoms with van der Waals surface area (Å²) in [5, 5.41) is 17.6. The van der Waals surface area contributed by atoms with Crippen LogP contribution in [0, 0.1) is 12.7 Å². The van der Waals surface area contributed by atoms with Gasteiger partial charge in [-0.05, 0) is 50.6 Å². The molecule has 0 spiro atoms. The number of phenols is 1. The zero-order valence-corrected chi connectivity index (χ0v) is 18.4. The molecule has 1 heterocycles. The Kier molecular flexibility index (Phi) is 7.93. The number of piperidine rings is 1. The number of nitrogens with one attached hydrogen (secondary N) is 3. The number of rotatable bonds is 4. The molecule has 1 unspecified atom stereocenters. The number of hydrogen-bond acceptors (Lipinski definition) is 5. The van der Waals surface area contributed by atoms with Crippen LogP contribution in [0.15, 0.2) is 35.2 Å². The van der Waals surface area contributed by atoms with Gasteiger partial charge in [0.05, 0.1) is 16.0 Å². The number of aromatic hydroxyl groups is 1. The number of sulfone groups is 1. The Balaban J connectivity index is 0.00000320. The van der Waals surface area contributed by atoms with E-state index in [0.29, 0.717) is 12.8 Å². The largest absolute Gasteiger partial charge is 0.504 e. The van der Waals surface area contributed by atoms with Crippen LogP contribution in [-0.2, 0) is 9.84 Å². The van der Waals surface area contributed by atoms with Crippen LogP contribution < -0.4 is 16.0 Å². The lowest BCUT2D eigenvalue weighted by molar-refractivity contribution is 0.262. The first-order valence-corrected chi connectivity index (χ1v) is 10.9. The van der Waals surface area contributed by atoms with E-state index in [4.69, 9.17) is 11.6 Å². The number of urea groups is 1. The van der Waals surface area contributed by atoms with E-state index in [1.54, 1.807) is 0 Å². The topological polar surface area (TPSA) is 108 Å². The first-order valence-electron chi connectivity index (χ1n) is 9.01. The lowest BCUT2D eigenvalue weighted by Crippen LogP contribution is -2.38. The SMILES string of the molecule is Cc1c(F)cccc1NC(=O)Nc1ccc(Cl)c(S(=O)(=O)C2CCCNC2)c1O.Cl. The van der Waals surface area contributed by atoms with Crippen LogP contribution in [0.3, 0.4) is 0 Å². The third-order valence-electron chi connectivity index (χ3n) is 4.82. The van der Waals surface area contributed by atoms with Crippen molar-refractivity contribution >= 4 is 51.3 Å². The molecule has 7 nitrogen and oxygen atoms in total. The number of halogens is 3. The van der Waals surface area contributed by atoms with Gasteiger partial charge in [-0.2, -0.15) is 0 Å². The van der Waals surface area contributed by atoms with Crippen LogP contribution in [0.5, 0.6) is 5.75 Å². The first-order chi connectivity index (χ1) is 13.7. The summed E-state index contributed by atoms with van der Waals surface area (Å²) >= 11 is 6.08. The number of carbonyl (C=O) groups excluding carboxylic acids is 1. The van der Waals surface area contributed by atoms with Gasteiger partial charge < -0.3 is 21.1 Å². The van der Waals surface area contributed by atoms with E-state index in [2.05, 4.69) is 16.0 Å². The van der Waals surface area contributed by atoms with Crippen molar-refractivity contribution < 1.29 is 22.7 Å². The van der Waals surface area contributed by atoms with Gasteiger partial charge in [-0.3, -0.25) is 0 Å². The van der Waals surface area contributed by atoms with E-state index in [1.807, 2.05) is 0 Å². The average Bonchev–Trinajstić information content (AvgIpc) is 2.68. The number of amides is 2. The second-order valence-corrected chi connectivity index (χ2v) is 9.35. The molecule has 0 saturated carbocycles. The van der Waals surface area contributed by atoms with E-state index in [-0.39, 0.29) is 40.9 Å². The average molecular weight is 478 g/mol. The summed E-state index contributed by atoms with van der Waals surface area (Å²) in [6.45, 7) is 2.50. The summed E-state index contributed by atoms with van der Waals surface area (Å²) in [6, 6.07) is 6.06. The summed E-state index contributed by atoms with van der Waals surface area (Å²) in [4.78, 5) is 11.9. The van der Waals surface area contributed by atoms with Crippen LogP contribution in [0.1, 0.15) is 18.4 Å². The van der Waals surface area contributed by atoms with Crippen molar-refractivity contribution in [3.63, 3.8) is 0 Å². The molecule has 1 atom stereocenters. The molecular weight excluding hydrogens is 456 g/mol. The van der Waals surface area contributed by atoms with Crippen molar-refractivity contribution in [1.82, 2.24) is 5.32 Å². The molecule has 2 amide bonds. The fraction of sp³-hybridized carbons (Fsp3) is 0.316. The van der Waals surface area contributed by atoms with Crippen molar-refractivity contribution in [1.29, 1.82) is 0 Å². The fourth-order valence-corrected chi connectivity index (χ4v) is 5.53. The molecule has 1 aliphatic rings. The molecule has 11 heteroatoms. The molecule has 0 bridgehead atoms. The minimum absolute atomic E-state index is 0. The molecule has 0 aliphatic carbocycles. The minimum Gasteiger partial charge on any atom is -0.504 e. The number of anilines is 2. The van der Waals surface area contributed by atoms with E-state index >= 15 is 0 Å². The van der Waals surface area contributed by atoms with E-state index < -0.39 is 37.6 Å². The Labute approximate surface area is 185 Å². The highest BCUT2D eigenvalue weighted by Gasteiger charge is 2.34. The second-order valence-electron chi connectivity index (χ2n) is 6.78. The van der Waals surface area contributed by atoms with Gasteiger partial charge >= 0.3 is 6.03 Å². The Morgan fingerprint density at radius 2 is 1.93 bits per heavy atom. The van der Waals surface area contributed by atoms with Crippen LogP contribution in [-0.4, -0.2) is 37.9 Å². The molecule has 3 rings (SSSR count). The predicted octanol–water partition coefficient (Wildman–Crippen LogP) is 4.08. The standard InChI is InChI=1S/C19H21ClFN3O4S.ClH/c1-11-14(21)5-2-6-15(11)23-19(26)24-16-8-7-13(20)18(17(16)25)29(27,28)12-4-3-9-22-10-12;/h2,5-8,12,22,25H,3-4,9-10H2,1H3,(H2,23,24,26);1H. The monoisotopic (exact) mass is 477 g/mol. The van der Waals surface area contributed by atoms with Crippen molar-refractivity contribution in [2.24, 2.45) is 0 Å². The van der Waals surface area contributed by atoms with Gasteiger partial charge in [-0.15, -0.1) is 12.4 Å². The van der Waals surface area contributed by atoms with Gasteiger partial charge in [0, 0.05) is 17.8 Å². The Morgan fingerprint density at radius 1 is 1.23 bits per heavy atom. The maximum absolute atomic E-state index is 13.6. The van der Waals surface area contributed by atoms with E-state index in [0.717, 1.165) is 6.54 Å². The predicted molar refractivity (Wildman–Crippen MR) is 117 cm³/mol. The molecule has 1 saturated heterocycles. The fourth-order valence-electron chi connectivity index (χ4n) is 3.19. The van der Waals surface area contributed by atoms with Gasteiger partial charge in [0.25, 0.3) is 0 Å². The zero-order chi connectivity index (χ0) is 21.2. The molecule has 1 aliphatic heterocycles. The summed E-state index contributed by atoms with van der Waals surface area (Å²) in [6.07, 6.45) is 1.14. The number of carbonyl (C=O) groups is 1. The molecule has 2 aromatic carbocycles. The third kappa shape index (κ3) is 4.97. The lowest BCUT2D eigenvalue weighted by Gasteiger charge is -2.24. The Bertz CT molecular complexity index is 1040. The van der Waals surface area contributed by atoms with Crippen LogP contribution in [0.2, 0.25) is 5.02 Å². The maximum atomic E-state index is 13.6. The van der Waals surface area contributed by atoms with E-state index in [9.17, 15) is 22.7 Å². The minimum atomic E-state index is -3.92. The molecule has 30 heavy (non-hydrogen) atoms. The molecule has 4 N–H and O–H groups in total. The summed E-state index contributed by atoms with van der Waals surface area (Å²) in [7, 11) is -3.92. The van der Waals surface area contributed by atoms with Crippen LogP contribution >= 0.6 is 24.0 Å². The second kappa shape index (κ2) is 9.82. The quantitative estimate of drug-likeness (QED) is 0.496. The highest BCUT2D eigenvalue weighted by atomic mass is 35.5. The Hall–Kier alpha value is -2.07. The molecule has 2 aromatic rings. The normalized spacial score (nSPS) is 16.4. The third-order valence-corrected chi connectivity index (χ3v) is 7.51. The Morgan fingerprint density at radius 3 is 2.60 bits per heavy atom. The summed E-state index contributed by atoms with van der Waals surface area (Å²) < 4.78 is 39.6. The highest BCUT2D eigenvalue weighted by Crippen LogP contribution is 2.39. The van der Waals surface area contributed by atoms with E-state index in [1.165, 1.54) is 37.3 Å². The van der Waals surface area contributed by atoms with Crippen molar-refractivity contribution in [3.05, 3.63) is 46.7 Å². The van der Waals surface area contributed by atoms with Crippen molar-refractivity contribution in [3.8, 4) is 5.75 Å². The molecule has 0 aromatic heterocycles. The maximum Gasteiger partial charge on any atom is 0.323 e. The van der Waals surface area contributed by atoms with Gasteiger partial charge in [-0.25, -0.2) is 17.6 Å². The smallest absolute Gasteiger partial charge is 0.323 e. The van der Waals surface area contributed by atoms with Gasteiger partial charge in [-0.1, -0.05) is 17.7 Å². The van der Waals surface area contributed by atoms with Crippen molar-refractivity contribution in [2.75, 3.05) is 23.7 Å². The molecule has 0 radical (unpaired) electrons. The number of phenolic OH excluding ortho intramolecular Hbond substituents is 1. The van der Waals surface area contributed by atoms with Gasteiger partial charge in [0.1, 0.15) is 10.7 Å². The summed E-state index contributed by atoms with van der Waals surface area (Å²) in [5.74, 6) is -1.11. The molecule has 164 valence electrons. The van der Waals surface area contributed by atoms with Crippen LogP contribution in [0.4, 0.5) is 20.6 Å². The van der Waals surface area contributed by atoms with Crippen molar-refractivity contribution in [2.45, 2.75) is 29.9 Å². The molecule has 1 fully saturated rings. The van der Waals surface area contributed by atoms with Gasteiger partial charge in [0.2, 0.25) is 0 Å². The first kappa shape index (κ1) is 24.2. The number of benzene rings is 2.